The van der Waals surface area contributed by atoms with Gasteiger partial charge in [0.05, 0.1) is 5.92 Å². The number of nitrogens with one attached hydrogen (secondary N) is 1. The molecule has 0 saturated carbocycles. The summed E-state index contributed by atoms with van der Waals surface area (Å²) in [7, 11) is 0. The topological polar surface area (TPSA) is 58.6 Å². The molecule has 1 atom stereocenters. The first-order valence-electron chi connectivity index (χ1n) is 8.65. The number of hydrogen-bond donors (Lipinski definition) is 1. The standard InChI is InChI=1S/C18H23F3N2O3/c1-2-13(11-22-12-24)17(25)23-8-6-14(7-9-23)15-4-3-5-16(10-15)26-18(19,20)21/h3-5,10,12-14H,2,6-9,11H2,1H3,(H,22,24). The van der Waals surface area contributed by atoms with Gasteiger partial charge in [0, 0.05) is 19.6 Å². The van der Waals surface area contributed by atoms with E-state index in [1.54, 1.807) is 17.0 Å². The highest BCUT2D eigenvalue weighted by molar-refractivity contribution is 5.79. The lowest BCUT2D eigenvalue weighted by atomic mass is 9.88. The third-order valence-corrected chi connectivity index (χ3v) is 4.66. The van der Waals surface area contributed by atoms with Crippen molar-refractivity contribution in [2.45, 2.75) is 38.5 Å². The summed E-state index contributed by atoms with van der Waals surface area (Å²) in [5, 5.41) is 2.54. The van der Waals surface area contributed by atoms with Crippen molar-refractivity contribution in [3.8, 4) is 5.75 Å². The molecule has 1 aromatic rings. The van der Waals surface area contributed by atoms with Crippen molar-refractivity contribution in [2.24, 2.45) is 5.92 Å². The fraction of sp³-hybridized carbons (Fsp3) is 0.556. The number of rotatable bonds is 7. The maximum atomic E-state index is 12.5. The second-order valence-corrected chi connectivity index (χ2v) is 6.35. The number of carbonyl (C=O) groups is 2. The van der Waals surface area contributed by atoms with Gasteiger partial charge in [0.1, 0.15) is 5.75 Å². The lowest BCUT2D eigenvalue weighted by molar-refractivity contribution is -0.274. The van der Waals surface area contributed by atoms with Gasteiger partial charge in [0.2, 0.25) is 12.3 Å². The number of amides is 2. The number of alkyl halides is 3. The minimum atomic E-state index is -4.71. The van der Waals surface area contributed by atoms with Gasteiger partial charge in [-0.1, -0.05) is 19.1 Å². The molecule has 1 fully saturated rings. The van der Waals surface area contributed by atoms with Crippen LogP contribution in [0.15, 0.2) is 24.3 Å². The summed E-state index contributed by atoms with van der Waals surface area (Å²) in [6, 6.07) is 6.03. The SMILES string of the molecule is CCC(CNC=O)C(=O)N1CCC(c2cccc(OC(F)(F)F)c2)CC1. The molecule has 0 radical (unpaired) electrons. The average Bonchev–Trinajstić information content (AvgIpc) is 2.61. The van der Waals surface area contributed by atoms with Gasteiger partial charge >= 0.3 is 6.36 Å². The van der Waals surface area contributed by atoms with E-state index in [1.807, 2.05) is 6.92 Å². The molecule has 1 N–H and O–H groups in total. The quantitative estimate of drug-likeness (QED) is 0.749. The summed E-state index contributed by atoms with van der Waals surface area (Å²) in [5.74, 6) is -0.377. The van der Waals surface area contributed by atoms with Crippen LogP contribution >= 0.6 is 0 Å². The summed E-state index contributed by atoms with van der Waals surface area (Å²) >= 11 is 0. The largest absolute Gasteiger partial charge is 0.573 e. The van der Waals surface area contributed by atoms with Crippen LogP contribution in [-0.2, 0) is 9.59 Å². The molecule has 1 aliphatic heterocycles. The zero-order valence-corrected chi connectivity index (χ0v) is 14.6. The molecule has 8 heteroatoms. The van der Waals surface area contributed by atoms with E-state index in [9.17, 15) is 22.8 Å². The van der Waals surface area contributed by atoms with Crippen LogP contribution in [0.5, 0.6) is 5.75 Å². The Balaban J connectivity index is 1.94. The van der Waals surface area contributed by atoms with Crippen LogP contribution in [0.25, 0.3) is 0 Å². The second-order valence-electron chi connectivity index (χ2n) is 6.35. The Morgan fingerprint density at radius 3 is 2.65 bits per heavy atom. The first-order chi connectivity index (χ1) is 12.3. The van der Waals surface area contributed by atoms with E-state index in [-0.39, 0.29) is 23.5 Å². The lowest BCUT2D eigenvalue weighted by Crippen LogP contribution is -2.43. The molecule has 0 aromatic heterocycles. The van der Waals surface area contributed by atoms with Crippen LogP contribution in [-0.4, -0.2) is 43.2 Å². The fourth-order valence-corrected chi connectivity index (χ4v) is 3.25. The first-order valence-corrected chi connectivity index (χ1v) is 8.65. The number of likely N-dealkylation sites (tertiary alicyclic amines) is 1. The maximum absolute atomic E-state index is 12.5. The van der Waals surface area contributed by atoms with Crippen LogP contribution in [0.3, 0.4) is 0 Å². The highest BCUT2D eigenvalue weighted by Gasteiger charge is 2.32. The molecule has 1 aliphatic rings. The smallest absolute Gasteiger partial charge is 0.406 e. The fourth-order valence-electron chi connectivity index (χ4n) is 3.25. The molecule has 0 aliphatic carbocycles. The molecule has 1 saturated heterocycles. The van der Waals surface area contributed by atoms with E-state index < -0.39 is 6.36 Å². The summed E-state index contributed by atoms with van der Waals surface area (Å²) in [6.45, 7) is 3.31. The Bertz CT molecular complexity index is 614. The molecular formula is C18H23F3N2O3. The number of hydrogen-bond acceptors (Lipinski definition) is 3. The van der Waals surface area contributed by atoms with Crippen molar-refractivity contribution in [2.75, 3.05) is 19.6 Å². The molecule has 1 aromatic carbocycles. The Morgan fingerprint density at radius 1 is 1.38 bits per heavy atom. The number of piperidine rings is 1. The van der Waals surface area contributed by atoms with Crippen molar-refractivity contribution in [1.29, 1.82) is 0 Å². The Labute approximate surface area is 150 Å². The van der Waals surface area contributed by atoms with Gasteiger partial charge in [0.15, 0.2) is 0 Å². The minimum Gasteiger partial charge on any atom is -0.406 e. The molecule has 2 rings (SSSR count). The summed E-state index contributed by atoms with van der Waals surface area (Å²) in [5.41, 5.74) is 0.786. The van der Waals surface area contributed by atoms with Crippen molar-refractivity contribution >= 4 is 12.3 Å². The van der Waals surface area contributed by atoms with Gasteiger partial charge < -0.3 is 15.0 Å². The van der Waals surface area contributed by atoms with Crippen LogP contribution in [0.2, 0.25) is 0 Å². The number of ether oxygens (including phenoxy) is 1. The second kappa shape index (κ2) is 8.91. The molecule has 1 unspecified atom stereocenters. The molecule has 1 heterocycles. The number of halogens is 3. The molecular weight excluding hydrogens is 349 g/mol. The van der Waals surface area contributed by atoms with Gasteiger partial charge in [-0.25, -0.2) is 0 Å². The van der Waals surface area contributed by atoms with Crippen LogP contribution in [0.4, 0.5) is 13.2 Å². The highest BCUT2D eigenvalue weighted by atomic mass is 19.4. The summed E-state index contributed by atoms with van der Waals surface area (Å²) in [4.78, 5) is 24.7. The molecule has 144 valence electrons. The summed E-state index contributed by atoms with van der Waals surface area (Å²) < 4.78 is 41.1. The average molecular weight is 372 g/mol. The van der Waals surface area contributed by atoms with Gasteiger partial charge in [-0.05, 0) is 42.9 Å². The van der Waals surface area contributed by atoms with E-state index in [4.69, 9.17) is 0 Å². The third kappa shape index (κ3) is 5.64. The van der Waals surface area contributed by atoms with E-state index in [1.165, 1.54) is 12.1 Å². The number of carbonyl (C=O) groups excluding carboxylic acids is 2. The monoisotopic (exact) mass is 372 g/mol. The van der Waals surface area contributed by atoms with Gasteiger partial charge in [-0.3, -0.25) is 9.59 Å². The van der Waals surface area contributed by atoms with Gasteiger partial charge in [-0.2, -0.15) is 0 Å². The Kier molecular flexibility index (Phi) is 6.88. The third-order valence-electron chi connectivity index (χ3n) is 4.66. The highest BCUT2D eigenvalue weighted by Crippen LogP contribution is 2.32. The van der Waals surface area contributed by atoms with Crippen LogP contribution in [0.1, 0.15) is 37.7 Å². The normalized spacial score (nSPS) is 16.8. The molecule has 2 amide bonds. The molecule has 5 nitrogen and oxygen atoms in total. The van der Waals surface area contributed by atoms with Crippen molar-refractivity contribution < 1.29 is 27.5 Å². The van der Waals surface area contributed by atoms with E-state index in [2.05, 4.69) is 10.1 Å². The predicted molar refractivity (Wildman–Crippen MR) is 89.5 cm³/mol. The van der Waals surface area contributed by atoms with Crippen LogP contribution in [0, 0.1) is 5.92 Å². The first kappa shape index (κ1) is 20.1. The zero-order chi connectivity index (χ0) is 19.2. The van der Waals surface area contributed by atoms with Gasteiger partial charge in [0.25, 0.3) is 0 Å². The van der Waals surface area contributed by atoms with Crippen molar-refractivity contribution in [3.05, 3.63) is 29.8 Å². The van der Waals surface area contributed by atoms with E-state index in [0.29, 0.717) is 45.3 Å². The predicted octanol–water partition coefficient (Wildman–Crippen LogP) is 3.06. The van der Waals surface area contributed by atoms with Crippen LogP contribution < -0.4 is 10.1 Å². The van der Waals surface area contributed by atoms with E-state index in [0.717, 1.165) is 5.56 Å². The lowest BCUT2D eigenvalue weighted by Gasteiger charge is -2.34. The molecule has 0 spiro atoms. The van der Waals surface area contributed by atoms with E-state index >= 15 is 0 Å². The minimum absolute atomic E-state index is 0.00876. The zero-order valence-electron chi connectivity index (χ0n) is 14.6. The van der Waals surface area contributed by atoms with Gasteiger partial charge in [-0.15, -0.1) is 13.2 Å². The molecule has 26 heavy (non-hydrogen) atoms. The van der Waals surface area contributed by atoms with Crippen molar-refractivity contribution in [3.63, 3.8) is 0 Å². The maximum Gasteiger partial charge on any atom is 0.573 e. The summed E-state index contributed by atoms with van der Waals surface area (Å²) in [6.07, 6.45) is -2.13. The number of benzene rings is 1. The Morgan fingerprint density at radius 2 is 2.08 bits per heavy atom. The van der Waals surface area contributed by atoms with Crippen molar-refractivity contribution in [1.82, 2.24) is 10.2 Å². The number of nitrogens with zero attached hydrogens (tertiary/aromatic N) is 1. The molecule has 0 bridgehead atoms. The Hall–Kier alpha value is -2.25.